The number of hydrogen-bond donors (Lipinski definition) is 1. The molecule has 0 bridgehead atoms. The molecule has 0 aromatic rings. The van der Waals surface area contributed by atoms with Crippen LogP contribution in [0.1, 0.15) is 32.6 Å². The molecule has 106 valence electrons. The molecule has 2 amide bonds. The molecule has 4 nitrogen and oxygen atoms in total. The number of thioether (sulfide) groups is 1. The second kappa shape index (κ2) is 9.95. The van der Waals surface area contributed by atoms with Crippen LogP contribution in [0.5, 0.6) is 0 Å². The number of amidine groups is 1. The molecule has 1 heterocycles. The number of nitrogens with zero attached hydrogens (tertiary/aromatic N) is 1. The summed E-state index contributed by atoms with van der Waals surface area (Å²) in [6.07, 6.45) is 4.67. The molecular weight excluding hydrogens is 303 g/mol. The molecule has 0 saturated carbocycles. The van der Waals surface area contributed by atoms with Crippen LogP contribution in [0.15, 0.2) is 17.6 Å². The first-order valence-corrected chi connectivity index (χ1v) is 7.93. The summed E-state index contributed by atoms with van der Waals surface area (Å²) in [4.78, 5) is 27.9. The molecule has 20 heavy (non-hydrogen) atoms. The van der Waals surface area contributed by atoms with Crippen molar-refractivity contribution in [3.8, 4) is 0 Å². The smallest absolute Gasteiger partial charge is 0.742 e. The normalized spacial score (nSPS) is 21.8. The average molecular weight is 322 g/mol. The van der Waals surface area contributed by atoms with Gasteiger partial charge in [-0.15, -0.1) is 6.58 Å². The maximum Gasteiger partial charge on any atom is 1.00 e. The Kier molecular flexibility index (Phi) is 10.0. The van der Waals surface area contributed by atoms with Crippen molar-refractivity contribution < 1.29 is 39.1 Å². The van der Waals surface area contributed by atoms with Gasteiger partial charge in [0, 0.05) is 0 Å². The van der Waals surface area contributed by atoms with E-state index >= 15 is 0 Å². The molecule has 1 rings (SSSR count). The average Bonchev–Trinajstić information content (AvgIpc) is 2.35. The van der Waals surface area contributed by atoms with Gasteiger partial charge in [0.2, 0.25) is 5.91 Å². The molecule has 7 heteroatoms. The van der Waals surface area contributed by atoms with Gasteiger partial charge in [-0.05, 0) is 35.9 Å². The fourth-order valence-electron chi connectivity index (χ4n) is 1.88. The summed E-state index contributed by atoms with van der Waals surface area (Å²) >= 11 is 6.53. The standard InChI is InChI=1S/C13H20N2O2S2.Na/c1-3-5-8-19-9-7-13(6-4-2)10(16)14-12(18)15-11(13)17;/h4H,2-3,5-9H2,1H3,(H2,14,15,16,17,18);/q;+1/p-1. The van der Waals surface area contributed by atoms with E-state index in [0.29, 0.717) is 12.8 Å². The number of rotatable bonds is 8. The third kappa shape index (κ3) is 5.15. The third-order valence-corrected chi connectivity index (χ3v) is 4.34. The third-order valence-electron chi connectivity index (χ3n) is 3.08. The topological polar surface area (TPSA) is 58.5 Å². The molecule has 0 radical (unpaired) electrons. The second-order valence-electron chi connectivity index (χ2n) is 4.47. The number of carbonyl (C=O) groups is 2. The van der Waals surface area contributed by atoms with Crippen LogP contribution in [0.3, 0.4) is 0 Å². The molecule has 1 N–H and O–H groups in total. The van der Waals surface area contributed by atoms with Crippen molar-refractivity contribution in [3.05, 3.63) is 12.7 Å². The molecule has 0 aromatic heterocycles. The van der Waals surface area contributed by atoms with Gasteiger partial charge in [0.25, 0.3) is 5.91 Å². The first-order valence-electron chi connectivity index (χ1n) is 6.37. The molecule has 1 atom stereocenters. The Labute approximate surface area is 152 Å². The number of unbranched alkanes of at least 4 members (excludes halogenated alkanes) is 1. The predicted molar refractivity (Wildman–Crippen MR) is 82.0 cm³/mol. The predicted octanol–water partition coefficient (Wildman–Crippen LogP) is -0.964. The van der Waals surface area contributed by atoms with Gasteiger partial charge in [-0.25, -0.2) is 4.99 Å². The zero-order valence-electron chi connectivity index (χ0n) is 12.1. The summed E-state index contributed by atoms with van der Waals surface area (Å²) < 4.78 is 0. The van der Waals surface area contributed by atoms with Gasteiger partial charge in [-0.2, -0.15) is 11.8 Å². The zero-order valence-corrected chi connectivity index (χ0v) is 15.7. The largest absolute Gasteiger partial charge is 1.00 e. The Bertz CT molecular complexity index is 402. The number of nitrogens with one attached hydrogen (secondary N) is 1. The molecule has 0 spiro atoms. The number of hydrogen-bond acceptors (Lipinski definition) is 4. The van der Waals surface area contributed by atoms with Gasteiger partial charge < -0.3 is 17.9 Å². The zero-order chi connectivity index (χ0) is 14.3. The van der Waals surface area contributed by atoms with Gasteiger partial charge in [0.15, 0.2) is 0 Å². The van der Waals surface area contributed by atoms with E-state index in [1.165, 1.54) is 0 Å². The number of amides is 2. The number of allylic oxidation sites excluding steroid dienone is 1. The van der Waals surface area contributed by atoms with Crippen molar-refractivity contribution >= 4 is 41.4 Å². The first kappa shape index (κ1) is 20.1. The first-order chi connectivity index (χ1) is 9.06. The second-order valence-corrected chi connectivity index (χ2v) is 6.08. The Morgan fingerprint density at radius 1 is 1.45 bits per heavy atom. The van der Waals surface area contributed by atoms with Gasteiger partial charge >= 0.3 is 29.6 Å². The quantitative estimate of drug-likeness (QED) is 0.206. The van der Waals surface area contributed by atoms with Crippen LogP contribution in [0.25, 0.3) is 0 Å². The minimum Gasteiger partial charge on any atom is -0.742 e. The minimum atomic E-state index is -1.11. The molecule has 0 fully saturated rings. The summed E-state index contributed by atoms with van der Waals surface area (Å²) in [5, 5.41) is 2.45. The van der Waals surface area contributed by atoms with Gasteiger partial charge in [-0.1, -0.05) is 19.4 Å². The summed E-state index contributed by atoms with van der Waals surface area (Å²) in [6.45, 7) is 5.77. The van der Waals surface area contributed by atoms with E-state index in [4.69, 9.17) is 12.6 Å². The Morgan fingerprint density at radius 3 is 2.70 bits per heavy atom. The van der Waals surface area contributed by atoms with E-state index in [9.17, 15) is 9.59 Å². The van der Waals surface area contributed by atoms with E-state index in [0.717, 1.165) is 24.3 Å². The minimum absolute atomic E-state index is 0. The van der Waals surface area contributed by atoms with E-state index in [-0.39, 0.29) is 40.6 Å². The van der Waals surface area contributed by atoms with E-state index in [1.807, 2.05) is 0 Å². The monoisotopic (exact) mass is 322 g/mol. The molecule has 1 aliphatic rings. The Morgan fingerprint density at radius 2 is 2.15 bits per heavy atom. The molecule has 0 saturated heterocycles. The summed E-state index contributed by atoms with van der Waals surface area (Å²) in [7, 11) is 0. The summed E-state index contributed by atoms with van der Waals surface area (Å²) in [6, 6.07) is 0. The van der Waals surface area contributed by atoms with Crippen molar-refractivity contribution in [2.45, 2.75) is 32.6 Å². The molecule has 1 aliphatic heterocycles. The van der Waals surface area contributed by atoms with Crippen molar-refractivity contribution in [2.24, 2.45) is 10.4 Å². The van der Waals surface area contributed by atoms with Gasteiger partial charge in [0.1, 0.15) is 5.41 Å². The molecular formula is C13H19N2NaO2S2. The maximum absolute atomic E-state index is 12.1. The van der Waals surface area contributed by atoms with Crippen LogP contribution in [0.4, 0.5) is 0 Å². The van der Waals surface area contributed by atoms with Crippen LogP contribution in [0.2, 0.25) is 0 Å². The fourth-order valence-corrected chi connectivity index (χ4v) is 3.25. The SMILES string of the molecule is C=CCC1(CCSCCCC)C(=O)N=C([S-])NC1=O.[Na+]. The van der Waals surface area contributed by atoms with Crippen LogP contribution in [0, 0.1) is 5.41 Å². The molecule has 0 aromatic carbocycles. The molecule has 1 unspecified atom stereocenters. The fraction of sp³-hybridized carbons (Fsp3) is 0.615. The Hall–Kier alpha value is 0.120. The van der Waals surface area contributed by atoms with Crippen LogP contribution >= 0.6 is 11.8 Å². The molecule has 0 aliphatic carbocycles. The van der Waals surface area contributed by atoms with E-state index in [1.54, 1.807) is 17.8 Å². The van der Waals surface area contributed by atoms with Crippen molar-refractivity contribution in [2.75, 3.05) is 11.5 Å². The number of carbonyl (C=O) groups excluding carboxylic acids is 2. The van der Waals surface area contributed by atoms with E-state index < -0.39 is 11.3 Å². The maximum atomic E-state index is 12.1. The summed E-state index contributed by atoms with van der Waals surface area (Å²) in [5.41, 5.74) is -1.11. The van der Waals surface area contributed by atoms with Crippen molar-refractivity contribution in [3.63, 3.8) is 0 Å². The van der Waals surface area contributed by atoms with Crippen LogP contribution < -0.4 is 34.9 Å². The van der Waals surface area contributed by atoms with Crippen LogP contribution in [-0.4, -0.2) is 28.5 Å². The van der Waals surface area contributed by atoms with Gasteiger partial charge in [-0.3, -0.25) is 9.59 Å². The van der Waals surface area contributed by atoms with Gasteiger partial charge in [0.05, 0.1) is 0 Å². The summed E-state index contributed by atoms with van der Waals surface area (Å²) in [5.74, 6) is 1.03. The number of aliphatic imine (C=N–C) groups is 1. The Balaban J connectivity index is 0.00000361. The van der Waals surface area contributed by atoms with Crippen LogP contribution in [-0.2, 0) is 22.2 Å². The van der Waals surface area contributed by atoms with Crippen molar-refractivity contribution in [1.29, 1.82) is 0 Å². The van der Waals surface area contributed by atoms with E-state index in [2.05, 4.69) is 23.8 Å². The van der Waals surface area contributed by atoms with Crippen molar-refractivity contribution in [1.82, 2.24) is 5.32 Å².